The molecule has 0 unspecified atom stereocenters. The van der Waals surface area contributed by atoms with Gasteiger partial charge in [0.05, 0.1) is 22.8 Å². The number of hydrogen-bond donors (Lipinski definition) is 2. The lowest BCUT2D eigenvalue weighted by atomic mass is 10.0. The van der Waals surface area contributed by atoms with Crippen LogP contribution in [0.5, 0.6) is 0 Å². The summed E-state index contributed by atoms with van der Waals surface area (Å²) in [7, 11) is -3.76. The first-order valence-electron chi connectivity index (χ1n) is 6.72. The second-order valence-corrected chi connectivity index (χ2v) is 7.11. The van der Waals surface area contributed by atoms with Crippen LogP contribution in [0.25, 0.3) is 0 Å². The van der Waals surface area contributed by atoms with Gasteiger partial charge < -0.3 is 5.11 Å². The van der Waals surface area contributed by atoms with Gasteiger partial charge >= 0.3 is 0 Å². The van der Waals surface area contributed by atoms with Crippen molar-refractivity contribution in [2.24, 2.45) is 0 Å². The quantitative estimate of drug-likeness (QED) is 0.608. The second kappa shape index (κ2) is 6.08. The number of nitrogens with one attached hydrogen (secondary N) is 1. The van der Waals surface area contributed by atoms with E-state index in [2.05, 4.69) is 4.72 Å². The molecule has 0 saturated heterocycles. The van der Waals surface area contributed by atoms with Crippen molar-refractivity contribution in [3.8, 4) is 0 Å². The molecule has 0 bridgehead atoms. The van der Waals surface area contributed by atoms with Crippen LogP contribution in [0.3, 0.4) is 0 Å². The van der Waals surface area contributed by atoms with Gasteiger partial charge in [-0.15, -0.1) is 0 Å². The summed E-state index contributed by atoms with van der Waals surface area (Å²) < 4.78 is 27.0. The van der Waals surface area contributed by atoms with Gasteiger partial charge in [-0.3, -0.25) is 10.1 Å². The van der Waals surface area contributed by atoms with E-state index in [1.807, 2.05) is 0 Å². The zero-order valence-corrected chi connectivity index (χ0v) is 12.3. The molecular weight excluding hydrogens is 296 g/mol. The van der Waals surface area contributed by atoms with Gasteiger partial charge in [-0.2, -0.15) is 0 Å². The molecule has 21 heavy (non-hydrogen) atoms. The third kappa shape index (κ3) is 3.78. The Morgan fingerprint density at radius 1 is 1.29 bits per heavy atom. The first-order valence-corrected chi connectivity index (χ1v) is 8.37. The molecule has 0 aromatic heterocycles. The molecule has 7 nitrogen and oxygen atoms in total. The Bertz CT molecular complexity index is 623. The van der Waals surface area contributed by atoms with Gasteiger partial charge in [-0.1, -0.05) is 31.0 Å². The van der Waals surface area contributed by atoms with E-state index < -0.39 is 26.2 Å². The average Bonchev–Trinajstić information content (AvgIpc) is 2.87. The fraction of sp³-hybridized carbons (Fsp3) is 0.538. The molecule has 0 heterocycles. The highest BCUT2D eigenvalue weighted by molar-refractivity contribution is 7.88. The molecule has 1 fully saturated rings. The van der Waals surface area contributed by atoms with Crippen LogP contribution in [-0.2, 0) is 15.8 Å². The molecule has 0 aliphatic heterocycles. The minimum absolute atomic E-state index is 0.140. The Morgan fingerprint density at radius 3 is 2.48 bits per heavy atom. The molecule has 1 aliphatic carbocycles. The smallest absolute Gasteiger partial charge is 0.273 e. The standard InChI is InChI=1S/C13H18N2O5S/c16-10-13(7-3-4-8-13)14-21(19,20)9-11-5-1-2-6-12(11)15(17)18/h1-2,5-6,14,16H,3-4,7-10H2. The summed E-state index contributed by atoms with van der Waals surface area (Å²) in [6.45, 7) is -0.261. The van der Waals surface area contributed by atoms with Crippen molar-refractivity contribution < 1.29 is 18.4 Å². The molecule has 0 radical (unpaired) electrons. The van der Waals surface area contributed by atoms with Crippen molar-refractivity contribution >= 4 is 15.7 Å². The minimum Gasteiger partial charge on any atom is -0.394 e. The van der Waals surface area contributed by atoms with Crippen molar-refractivity contribution in [1.29, 1.82) is 0 Å². The first kappa shape index (κ1) is 15.9. The van der Waals surface area contributed by atoms with E-state index in [9.17, 15) is 23.6 Å². The maximum atomic E-state index is 12.3. The van der Waals surface area contributed by atoms with Crippen LogP contribution in [-0.4, -0.2) is 30.6 Å². The van der Waals surface area contributed by atoms with Gasteiger partial charge in [-0.05, 0) is 12.8 Å². The third-order valence-corrected chi connectivity index (χ3v) is 5.20. The van der Waals surface area contributed by atoms with E-state index in [1.54, 1.807) is 6.07 Å². The summed E-state index contributed by atoms with van der Waals surface area (Å²) in [6.07, 6.45) is 2.88. The molecule has 0 atom stereocenters. The van der Waals surface area contributed by atoms with Crippen LogP contribution < -0.4 is 4.72 Å². The lowest BCUT2D eigenvalue weighted by molar-refractivity contribution is -0.385. The summed E-state index contributed by atoms with van der Waals surface area (Å²) in [5, 5.41) is 20.4. The zero-order chi connectivity index (χ0) is 15.5. The number of nitrogens with zero attached hydrogens (tertiary/aromatic N) is 1. The van der Waals surface area contributed by atoms with E-state index in [-0.39, 0.29) is 17.9 Å². The second-order valence-electron chi connectivity index (χ2n) is 5.39. The summed E-state index contributed by atoms with van der Waals surface area (Å²) in [4.78, 5) is 10.3. The fourth-order valence-corrected chi connectivity index (χ4v) is 4.38. The lowest BCUT2D eigenvalue weighted by Gasteiger charge is -2.27. The molecule has 2 N–H and O–H groups in total. The molecule has 1 aromatic rings. The van der Waals surface area contributed by atoms with Crippen LogP contribution in [0.2, 0.25) is 0 Å². The van der Waals surface area contributed by atoms with Gasteiger partial charge in [0.25, 0.3) is 5.69 Å². The summed E-state index contributed by atoms with van der Waals surface area (Å²) >= 11 is 0. The van der Waals surface area contributed by atoms with Crippen molar-refractivity contribution in [2.45, 2.75) is 37.0 Å². The van der Waals surface area contributed by atoms with Gasteiger partial charge in [0.1, 0.15) is 0 Å². The van der Waals surface area contributed by atoms with Crippen molar-refractivity contribution in [3.63, 3.8) is 0 Å². The number of rotatable bonds is 6. The molecule has 1 aliphatic rings. The van der Waals surface area contributed by atoms with E-state index in [4.69, 9.17) is 0 Å². The molecule has 0 spiro atoms. The highest BCUT2D eigenvalue weighted by atomic mass is 32.2. The zero-order valence-electron chi connectivity index (χ0n) is 11.5. The summed E-state index contributed by atoms with van der Waals surface area (Å²) in [6, 6.07) is 5.77. The van der Waals surface area contributed by atoms with Crippen LogP contribution in [0.1, 0.15) is 31.2 Å². The topological polar surface area (TPSA) is 110 Å². The number of sulfonamides is 1. The van der Waals surface area contributed by atoms with Crippen LogP contribution in [0.15, 0.2) is 24.3 Å². The van der Waals surface area contributed by atoms with Crippen LogP contribution in [0.4, 0.5) is 5.69 Å². The summed E-state index contributed by atoms with van der Waals surface area (Å²) in [5.74, 6) is -0.466. The molecule has 0 amide bonds. The number of aliphatic hydroxyl groups excluding tert-OH is 1. The number of benzene rings is 1. The normalized spacial score (nSPS) is 17.8. The third-order valence-electron chi connectivity index (χ3n) is 3.77. The minimum atomic E-state index is -3.76. The van der Waals surface area contributed by atoms with Crippen LogP contribution >= 0.6 is 0 Å². The van der Waals surface area contributed by atoms with Crippen molar-refractivity contribution in [1.82, 2.24) is 4.72 Å². The highest BCUT2D eigenvalue weighted by Gasteiger charge is 2.37. The fourth-order valence-electron chi connectivity index (χ4n) is 2.73. The maximum Gasteiger partial charge on any atom is 0.273 e. The largest absolute Gasteiger partial charge is 0.394 e. The first-order chi connectivity index (χ1) is 9.87. The monoisotopic (exact) mass is 314 g/mol. The van der Waals surface area contributed by atoms with E-state index >= 15 is 0 Å². The van der Waals surface area contributed by atoms with E-state index in [0.717, 1.165) is 12.8 Å². The molecule has 116 valence electrons. The highest BCUT2D eigenvalue weighted by Crippen LogP contribution is 2.30. The Balaban J connectivity index is 2.20. The van der Waals surface area contributed by atoms with Gasteiger partial charge in [0.2, 0.25) is 10.0 Å². The van der Waals surface area contributed by atoms with Gasteiger partial charge in [0, 0.05) is 11.6 Å². The Labute approximate surface area is 123 Å². The van der Waals surface area contributed by atoms with E-state index in [0.29, 0.717) is 12.8 Å². The number of nitro groups is 1. The average molecular weight is 314 g/mol. The Morgan fingerprint density at radius 2 is 1.90 bits per heavy atom. The molecule has 2 rings (SSSR count). The number of para-hydroxylation sites is 1. The lowest BCUT2D eigenvalue weighted by Crippen LogP contribution is -2.49. The van der Waals surface area contributed by atoms with Crippen molar-refractivity contribution in [2.75, 3.05) is 6.61 Å². The predicted octanol–water partition coefficient (Wildman–Crippen LogP) is 1.32. The number of aliphatic hydroxyl groups is 1. The molecule has 8 heteroatoms. The Hall–Kier alpha value is -1.51. The number of nitro benzene ring substituents is 1. The van der Waals surface area contributed by atoms with E-state index in [1.165, 1.54) is 18.2 Å². The molecule has 1 aromatic carbocycles. The van der Waals surface area contributed by atoms with Crippen molar-refractivity contribution in [3.05, 3.63) is 39.9 Å². The maximum absolute atomic E-state index is 12.3. The molecular formula is C13H18N2O5S. The predicted molar refractivity (Wildman–Crippen MR) is 77.1 cm³/mol. The van der Waals surface area contributed by atoms with Gasteiger partial charge in [-0.25, -0.2) is 13.1 Å². The molecule has 1 saturated carbocycles. The van der Waals surface area contributed by atoms with Crippen LogP contribution in [0, 0.1) is 10.1 Å². The van der Waals surface area contributed by atoms with Gasteiger partial charge in [0.15, 0.2) is 0 Å². The SMILES string of the molecule is O=[N+]([O-])c1ccccc1CS(=O)(=O)NC1(CO)CCCC1. The number of hydrogen-bond acceptors (Lipinski definition) is 5. The summed E-state index contributed by atoms with van der Waals surface area (Å²) in [5.41, 5.74) is -0.893. The Kier molecular flexibility index (Phi) is 4.60.